The molecule has 0 saturated heterocycles. The van der Waals surface area contributed by atoms with Crippen LogP contribution in [0.25, 0.3) is 0 Å². The second-order valence-corrected chi connectivity index (χ2v) is 8.21. The van der Waals surface area contributed by atoms with Crippen LogP contribution in [0.3, 0.4) is 0 Å². The first kappa shape index (κ1) is 20.8. The fourth-order valence-electron chi connectivity index (χ4n) is 2.48. The summed E-state index contributed by atoms with van der Waals surface area (Å²) in [5, 5.41) is 0.506. The number of carbonyl (C=O) groups is 1. The maximum absolute atomic E-state index is 12.4. The van der Waals surface area contributed by atoms with Crippen LogP contribution in [-0.4, -0.2) is 45.1 Å². The standard InChI is InChI=1S/C17H27ClN2O3S/c1-5-10-19(11-6-2)17(21)9-12-20(24(4,22)23)15-8-7-14(3)16(18)13-15/h7-8,13H,5-6,9-12H2,1-4H3. The van der Waals surface area contributed by atoms with Gasteiger partial charge in [0.15, 0.2) is 0 Å². The number of hydrogen-bond acceptors (Lipinski definition) is 3. The first-order chi connectivity index (χ1) is 11.2. The zero-order valence-electron chi connectivity index (χ0n) is 14.9. The monoisotopic (exact) mass is 374 g/mol. The first-order valence-corrected chi connectivity index (χ1v) is 10.4. The van der Waals surface area contributed by atoms with Crippen LogP contribution in [-0.2, 0) is 14.8 Å². The summed E-state index contributed by atoms with van der Waals surface area (Å²) in [7, 11) is -3.49. The zero-order chi connectivity index (χ0) is 18.3. The number of benzene rings is 1. The summed E-state index contributed by atoms with van der Waals surface area (Å²) in [5.74, 6) is -0.0226. The molecule has 1 aromatic carbocycles. The average Bonchev–Trinajstić information content (AvgIpc) is 2.49. The Balaban J connectivity index is 2.92. The van der Waals surface area contributed by atoms with Gasteiger partial charge in [0.1, 0.15) is 0 Å². The fourth-order valence-corrected chi connectivity index (χ4v) is 3.57. The van der Waals surface area contributed by atoms with Crippen molar-refractivity contribution in [3.63, 3.8) is 0 Å². The lowest BCUT2D eigenvalue weighted by molar-refractivity contribution is -0.131. The van der Waals surface area contributed by atoms with Gasteiger partial charge in [-0.25, -0.2) is 8.42 Å². The average molecular weight is 375 g/mol. The molecule has 136 valence electrons. The summed E-state index contributed by atoms with van der Waals surface area (Å²) in [6.07, 6.45) is 3.06. The predicted octanol–water partition coefficient (Wildman–Crippen LogP) is 3.45. The first-order valence-electron chi connectivity index (χ1n) is 8.22. The van der Waals surface area contributed by atoms with E-state index in [2.05, 4.69) is 0 Å². The third-order valence-corrected chi connectivity index (χ3v) is 5.31. The number of rotatable bonds is 9. The highest BCUT2D eigenvalue weighted by molar-refractivity contribution is 7.92. The lowest BCUT2D eigenvalue weighted by atomic mass is 10.2. The van der Waals surface area contributed by atoms with E-state index in [1.165, 1.54) is 4.31 Å². The van der Waals surface area contributed by atoms with E-state index in [9.17, 15) is 13.2 Å². The Bertz CT molecular complexity index is 656. The molecule has 5 nitrogen and oxygen atoms in total. The lowest BCUT2D eigenvalue weighted by Gasteiger charge is -2.26. The van der Waals surface area contributed by atoms with Crippen molar-refractivity contribution in [2.75, 3.05) is 30.2 Å². The molecule has 0 atom stereocenters. The number of hydrogen-bond donors (Lipinski definition) is 0. The van der Waals surface area contributed by atoms with Crippen LogP contribution < -0.4 is 4.31 Å². The number of halogens is 1. The van der Waals surface area contributed by atoms with Crippen LogP contribution in [0.2, 0.25) is 5.02 Å². The molecule has 0 spiro atoms. The summed E-state index contributed by atoms with van der Waals surface area (Å²) in [4.78, 5) is 14.2. The van der Waals surface area contributed by atoms with Crippen molar-refractivity contribution >= 4 is 33.2 Å². The Morgan fingerprint density at radius 2 is 1.71 bits per heavy atom. The number of amides is 1. The summed E-state index contributed by atoms with van der Waals surface area (Å²) < 4.78 is 25.5. The van der Waals surface area contributed by atoms with Crippen molar-refractivity contribution in [2.24, 2.45) is 0 Å². The second-order valence-electron chi connectivity index (χ2n) is 5.90. The highest BCUT2D eigenvalue weighted by Gasteiger charge is 2.21. The molecule has 0 heterocycles. The molecule has 0 aromatic heterocycles. The Morgan fingerprint density at radius 3 is 2.17 bits per heavy atom. The minimum Gasteiger partial charge on any atom is -0.343 e. The second kappa shape index (κ2) is 9.28. The van der Waals surface area contributed by atoms with Crippen molar-refractivity contribution < 1.29 is 13.2 Å². The van der Waals surface area contributed by atoms with Gasteiger partial charge in [-0.3, -0.25) is 9.10 Å². The molecule has 1 amide bonds. The van der Waals surface area contributed by atoms with Crippen LogP contribution in [0.1, 0.15) is 38.7 Å². The van der Waals surface area contributed by atoms with Gasteiger partial charge in [0.2, 0.25) is 15.9 Å². The molecule has 7 heteroatoms. The van der Waals surface area contributed by atoms with E-state index in [0.29, 0.717) is 23.8 Å². The van der Waals surface area contributed by atoms with E-state index in [-0.39, 0.29) is 18.9 Å². The predicted molar refractivity (Wildman–Crippen MR) is 100 cm³/mol. The molecule has 0 saturated carbocycles. The Morgan fingerprint density at radius 1 is 1.12 bits per heavy atom. The van der Waals surface area contributed by atoms with Gasteiger partial charge in [0, 0.05) is 31.1 Å². The normalized spacial score (nSPS) is 11.4. The molecule has 1 rings (SSSR count). The SMILES string of the molecule is CCCN(CCC)C(=O)CCN(c1ccc(C)c(Cl)c1)S(C)(=O)=O. The number of sulfonamides is 1. The molecule has 0 unspecified atom stereocenters. The summed E-state index contributed by atoms with van der Waals surface area (Å²) in [6.45, 7) is 7.40. The van der Waals surface area contributed by atoms with Gasteiger partial charge in [-0.2, -0.15) is 0 Å². The third-order valence-electron chi connectivity index (χ3n) is 3.71. The van der Waals surface area contributed by atoms with Gasteiger partial charge >= 0.3 is 0 Å². The van der Waals surface area contributed by atoms with Gasteiger partial charge in [0.25, 0.3) is 0 Å². The molecular formula is C17H27ClN2O3S. The maximum atomic E-state index is 12.4. The van der Waals surface area contributed by atoms with Crippen molar-refractivity contribution in [3.05, 3.63) is 28.8 Å². The minimum atomic E-state index is -3.49. The number of aryl methyl sites for hydroxylation is 1. The van der Waals surface area contributed by atoms with Crippen LogP contribution in [0.5, 0.6) is 0 Å². The van der Waals surface area contributed by atoms with Gasteiger partial charge in [0.05, 0.1) is 11.9 Å². The Labute approximate surface area is 150 Å². The van der Waals surface area contributed by atoms with Gasteiger partial charge in [-0.15, -0.1) is 0 Å². The van der Waals surface area contributed by atoms with Gasteiger partial charge in [-0.1, -0.05) is 31.5 Å². The number of carbonyl (C=O) groups excluding carboxylic acids is 1. The molecule has 1 aromatic rings. The Hall–Kier alpha value is -1.27. The van der Waals surface area contributed by atoms with Gasteiger partial charge < -0.3 is 4.90 Å². The van der Waals surface area contributed by atoms with E-state index in [4.69, 9.17) is 11.6 Å². The number of anilines is 1. The van der Waals surface area contributed by atoms with Crippen LogP contribution in [0.15, 0.2) is 18.2 Å². The molecule has 0 aliphatic carbocycles. The Kier molecular flexibility index (Phi) is 8.03. The molecular weight excluding hydrogens is 348 g/mol. The zero-order valence-corrected chi connectivity index (χ0v) is 16.5. The third kappa shape index (κ3) is 5.98. The van der Waals surface area contributed by atoms with E-state index in [1.54, 1.807) is 23.1 Å². The largest absolute Gasteiger partial charge is 0.343 e. The topological polar surface area (TPSA) is 57.7 Å². The molecule has 0 radical (unpaired) electrons. The summed E-state index contributed by atoms with van der Waals surface area (Å²) in [5.41, 5.74) is 1.36. The smallest absolute Gasteiger partial charge is 0.232 e. The van der Waals surface area contributed by atoms with E-state index in [0.717, 1.165) is 24.7 Å². The maximum Gasteiger partial charge on any atom is 0.232 e. The fraction of sp³-hybridized carbons (Fsp3) is 0.588. The lowest BCUT2D eigenvalue weighted by Crippen LogP contribution is -2.37. The highest BCUT2D eigenvalue weighted by atomic mass is 35.5. The van der Waals surface area contributed by atoms with Gasteiger partial charge in [-0.05, 0) is 37.5 Å². The number of nitrogens with zero attached hydrogens (tertiary/aromatic N) is 2. The minimum absolute atomic E-state index is 0.0226. The van der Waals surface area contributed by atoms with Crippen molar-refractivity contribution in [2.45, 2.75) is 40.0 Å². The molecule has 24 heavy (non-hydrogen) atoms. The van der Waals surface area contributed by atoms with E-state index < -0.39 is 10.0 Å². The molecule has 0 N–H and O–H groups in total. The van der Waals surface area contributed by atoms with Crippen LogP contribution in [0.4, 0.5) is 5.69 Å². The summed E-state index contributed by atoms with van der Waals surface area (Å²) in [6, 6.07) is 5.11. The summed E-state index contributed by atoms with van der Waals surface area (Å²) >= 11 is 6.11. The highest BCUT2D eigenvalue weighted by Crippen LogP contribution is 2.25. The van der Waals surface area contributed by atoms with Crippen LogP contribution in [0, 0.1) is 6.92 Å². The molecule has 0 bridgehead atoms. The van der Waals surface area contributed by atoms with Crippen LogP contribution >= 0.6 is 11.6 Å². The van der Waals surface area contributed by atoms with Crippen molar-refractivity contribution in [3.8, 4) is 0 Å². The quantitative estimate of drug-likeness (QED) is 0.665. The molecule has 0 fully saturated rings. The van der Waals surface area contributed by atoms with Crippen molar-refractivity contribution in [1.82, 2.24) is 4.90 Å². The van der Waals surface area contributed by atoms with Crippen molar-refractivity contribution in [1.29, 1.82) is 0 Å². The molecule has 0 aliphatic heterocycles. The molecule has 0 aliphatic rings. The van der Waals surface area contributed by atoms with E-state index in [1.807, 2.05) is 20.8 Å². The van der Waals surface area contributed by atoms with E-state index >= 15 is 0 Å².